The van der Waals surface area contributed by atoms with Crippen molar-refractivity contribution in [2.75, 3.05) is 0 Å². The van der Waals surface area contributed by atoms with Gasteiger partial charge in [-0.3, -0.25) is 0 Å². The van der Waals surface area contributed by atoms with Gasteiger partial charge in [-0.2, -0.15) is 0 Å². The molecule has 0 unspecified atom stereocenters. The number of hydrogen-bond donors (Lipinski definition) is 1. The Morgan fingerprint density at radius 3 is 2.94 bits per heavy atom. The third kappa shape index (κ3) is 2.20. The van der Waals surface area contributed by atoms with E-state index in [1.54, 1.807) is 16.0 Å². The Morgan fingerprint density at radius 1 is 1.61 bits per heavy atom. The minimum Gasteiger partial charge on any atom is -0.476 e. The molecule has 2 aromatic heterocycles. The predicted molar refractivity (Wildman–Crippen MR) is 70.1 cm³/mol. The van der Waals surface area contributed by atoms with E-state index >= 15 is 0 Å². The lowest BCUT2D eigenvalue weighted by atomic mass is 10.2. The lowest BCUT2D eigenvalue weighted by Crippen LogP contribution is -2.08. The second-order valence-corrected chi connectivity index (χ2v) is 6.61. The van der Waals surface area contributed by atoms with E-state index in [0.717, 1.165) is 27.9 Å². The predicted octanol–water partition coefficient (Wildman–Crippen LogP) is 2.73. The molecule has 0 aliphatic heterocycles. The maximum absolute atomic E-state index is 11.1. The summed E-state index contributed by atoms with van der Waals surface area (Å²) in [6.45, 7) is 0.578. The van der Waals surface area contributed by atoms with E-state index in [0.29, 0.717) is 12.5 Å². The Balaban J connectivity index is 1.94. The number of aromatic carboxylic acids is 1. The van der Waals surface area contributed by atoms with Crippen LogP contribution in [-0.4, -0.2) is 26.1 Å². The highest BCUT2D eigenvalue weighted by Gasteiger charge is 2.33. The van der Waals surface area contributed by atoms with Crippen molar-refractivity contribution < 1.29 is 9.90 Å². The maximum Gasteiger partial charge on any atom is 0.358 e. The van der Waals surface area contributed by atoms with Crippen LogP contribution in [0.15, 0.2) is 15.2 Å². The third-order valence-corrected chi connectivity index (χ3v) is 4.45. The van der Waals surface area contributed by atoms with E-state index in [1.807, 2.05) is 11.4 Å². The number of aromatic nitrogens is 3. The van der Waals surface area contributed by atoms with Gasteiger partial charge in [-0.25, -0.2) is 9.48 Å². The number of carboxylic acid groups (broad SMARTS) is 1. The van der Waals surface area contributed by atoms with E-state index in [2.05, 4.69) is 26.2 Å². The summed E-state index contributed by atoms with van der Waals surface area (Å²) in [4.78, 5) is 11.1. The number of rotatable bonds is 4. The molecule has 94 valence electrons. The largest absolute Gasteiger partial charge is 0.476 e. The number of hydrogen-bond acceptors (Lipinski definition) is 4. The highest BCUT2D eigenvalue weighted by Crippen LogP contribution is 2.41. The van der Waals surface area contributed by atoms with Crippen LogP contribution in [0.25, 0.3) is 0 Å². The molecule has 2 aromatic rings. The van der Waals surface area contributed by atoms with Crippen LogP contribution >= 0.6 is 27.3 Å². The average Bonchev–Trinajstić information content (AvgIpc) is 2.94. The Bertz CT molecular complexity index is 603. The van der Waals surface area contributed by atoms with E-state index in [9.17, 15) is 4.79 Å². The molecule has 0 radical (unpaired) electrons. The molecule has 1 N–H and O–H groups in total. The quantitative estimate of drug-likeness (QED) is 0.937. The first kappa shape index (κ1) is 11.9. The van der Waals surface area contributed by atoms with E-state index < -0.39 is 5.97 Å². The second-order valence-electron chi connectivity index (χ2n) is 4.32. The molecule has 1 fully saturated rings. The smallest absolute Gasteiger partial charge is 0.358 e. The lowest BCUT2D eigenvalue weighted by molar-refractivity contribution is 0.0689. The van der Waals surface area contributed by atoms with Crippen LogP contribution in [-0.2, 0) is 6.54 Å². The third-order valence-electron chi connectivity index (χ3n) is 2.89. The number of nitrogens with zero attached hydrogens (tertiary/aromatic N) is 3. The summed E-state index contributed by atoms with van der Waals surface area (Å²) < 4.78 is 2.78. The van der Waals surface area contributed by atoms with Crippen LogP contribution in [0.3, 0.4) is 0 Å². The number of halogens is 1. The molecule has 5 nitrogen and oxygen atoms in total. The molecule has 7 heteroatoms. The molecule has 0 saturated heterocycles. The Morgan fingerprint density at radius 2 is 2.39 bits per heavy atom. The average molecular weight is 328 g/mol. The van der Waals surface area contributed by atoms with Gasteiger partial charge in [-0.1, -0.05) is 5.21 Å². The van der Waals surface area contributed by atoms with Gasteiger partial charge < -0.3 is 5.11 Å². The molecule has 0 aromatic carbocycles. The van der Waals surface area contributed by atoms with Crippen LogP contribution in [0, 0.1) is 0 Å². The minimum atomic E-state index is -0.991. The maximum atomic E-state index is 11.1. The van der Waals surface area contributed by atoms with Gasteiger partial charge in [0, 0.05) is 5.92 Å². The zero-order valence-corrected chi connectivity index (χ0v) is 11.7. The number of carbonyl (C=O) groups is 1. The van der Waals surface area contributed by atoms with Crippen LogP contribution in [0.4, 0.5) is 0 Å². The molecular formula is C11H10BrN3O2S. The van der Waals surface area contributed by atoms with Gasteiger partial charge in [0.15, 0.2) is 5.69 Å². The van der Waals surface area contributed by atoms with Gasteiger partial charge in [0.05, 0.1) is 16.0 Å². The fourth-order valence-electron chi connectivity index (χ4n) is 1.95. The van der Waals surface area contributed by atoms with Crippen molar-refractivity contribution in [2.45, 2.75) is 25.3 Å². The summed E-state index contributed by atoms with van der Waals surface area (Å²) >= 11 is 5.02. The van der Waals surface area contributed by atoms with Gasteiger partial charge in [0.2, 0.25) is 0 Å². The zero-order chi connectivity index (χ0) is 12.7. The molecule has 1 aliphatic carbocycles. The van der Waals surface area contributed by atoms with Gasteiger partial charge >= 0.3 is 5.97 Å². The monoisotopic (exact) mass is 327 g/mol. The molecule has 18 heavy (non-hydrogen) atoms. The molecular weight excluding hydrogens is 318 g/mol. The fraction of sp³-hybridized carbons (Fsp3) is 0.364. The van der Waals surface area contributed by atoms with E-state index in [-0.39, 0.29) is 5.69 Å². The summed E-state index contributed by atoms with van der Waals surface area (Å²) in [6, 6.07) is 2.02. The molecule has 0 spiro atoms. The highest BCUT2D eigenvalue weighted by atomic mass is 79.9. The number of carboxylic acids is 1. The SMILES string of the molecule is O=C(O)c1nnn(Cc2csc(Br)c2)c1C1CC1. The van der Waals surface area contributed by atoms with Gasteiger partial charge in [0.1, 0.15) is 0 Å². The van der Waals surface area contributed by atoms with Gasteiger partial charge in [0.25, 0.3) is 0 Å². The first-order chi connectivity index (χ1) is 8.65. The topological polar surface area (TPSA) is 68.0 Å². The van der Waals surface area contributed by atoms with Gasteiger partial charge in [-0.15, -0.1) is 16.4 Å². The van der Waals surface area contributed by atoms with Crippen LogP contribution in [0.5, 0.6) is 0 Å². The Labute approximate surface area is 116 Å². The Hall–Kier alpha value is -1.21. The summed E-state index contributed by atoms with van der Waals surface area (Å²) in [5.74, 6) is -0.678. The molecule has 3 rings (SSSR count). The summed E-state index contributed by atoms with van der Waals surface area (Å²) in [5, 5.41) is 18.9. The van der Waals surface area contributed by atoms with Crippen molar-refractivity contribution in [1.82, 2.24) is 15.0 Å². The van der Waals surface area contributed by atoms with Crippen LogP contribution < -0.4 is 0 Å². The van der Waals surface area contributed by atoms with Crippen molar-refractivity contribution in [2.24, 2.45) is 0 Å². The zero-order valence-electron chi connectivity index (χ0n) is 9.34. The molecule has 1 saturated carbocycles. The van der Waals surface area contributed by atoms with Crippen molar-refractivity contribution >= 4 is 33.2 Å². The van der Waals surface area contributed by atoms with Crippen LogP contribution in [0.2, 0.25) is 0 Å². The molecule has 0 bridgehead atoms. The van der Waals surface area contributed by atoms with Crippen molar-refractivity contribution in [3.05, 3.63) is 32.2 Å². The molecule has 0 amide bonds. The lowest BCUT2D eigenvalue weighted by Gasteiger charge is -2.04. The first-order valence-corrected chi connectivity index (χ1v) is 7.22. The van der Waals surface area contributed by atoms with Crippen molar-refractivity contribution in [3.8, 4) is 0 Å². The van der Waals surface area contributed by atoms with E-state index in [1.165, 1.54) is 0 Å². The Kier molecular flexibility index (Phi) is 2.95. The summed E-state index contributed by atoms with van der Waals surface area (Å²) in [5.41, 5.74) is 1.98. The summed E-state index contributed by atoms with van der Waals surface area (Å²) in [7, 11) is 0. The van der Waals surface area contributed by atoms with Crippen molar-refractivity contribution in [1.29, 1.82) is 0 Å². The van der Waals surface area contributed by atoms with Gasteiger partial charge in [-0.05, 0) is 45.8 Å². The van der Waals surface area contributed by atoms with Crippen LogP contribution in [0.1, 0.15) is 40.5 Å². The highest BCUT2D eigenvalue weighted by molar-refractivity contribution is 9.11. The summed E-state index contributed by atoms with van der Waals surface area (Å²) in [6.07, 6.45) is 2.06. The first-order valence-electron chi connectivity index (χ1n) is 5.54. The van der Waals surface area contributed by atoms with Crippen molar-refractivity contribution in [3.63, 3.8) is 0 Å². The normalized spacial score (nSPS) is 14.9. The molecule has 0 atom stereocenters. The van der Waals surface area contributed by atoms with E-state index in [4.69, 9.17) is 5.11 Å². The molecule has 1 aliphatic rings. The molecule has 2 heterocycles. The fourth-order valence-corrected chi connectivity index (χ4v) is 3.15. The number of thiophene rings is 1. The second kappa shape index (κ2) is 4.47. The minimum absolute atomic E-state index is 0.104. The standard InChI is InChI=1S/C11H10BrN3O2S/c12-8-3-6(5-18-8)4-15-10(7-1-2-7)9(11(16)17)13-14-15/h3,5,7H,1-2,4H2,(H,16,17).